The van der Waals surface area contributed by atoms with Crippen LogP contribution in [0.15, 0.2) is 36.5 Å². The van der Waals surface area contributed by atoms with Crippen LogP contribution in [-0.2, 0) is 35.7 Å². The number of nitrogens with zero attached hydrogens (tertiary/aromatic N) is 4. The van der Waals surface area contributed by atoms with Crippen molar-refractivity contribution >= 4 is 29.6 Å². The number of carbonyl (C=O) groups is 4. The number of nitrogens with one attached hydrogen (secondary N) is 1. The topological polar surface area (TPSA) is 142 Å². The van der Waals surface area contributed by atoms with Crippen molar-refractivity contribution in [3.8, 4) is 17.2 Å². The van der Waals surface area contributed by atoms with Gasteiger partial charge in [0.05, 0.1) is 30.0 Å². The molecule has 0 radical (unpaired) electrons. The van der Waals surface area contributed by atoms with E-state index in [1.807, 2.05) is 30.3 Å². The number of cyclic esters (lactones) is 1. The number of hydrogen-bond donors (Lipinski definition) is 1. The van der Waals surface area contributed by atoms with Crippen LogP contribution in [0, 0.1) is 23.2 Å². The van der Waals surface area contributed by atoms with Gasteiger partial charge in [-0.05, 0) is 35.7 Å². The molecule has 3 amide bonds. The molecule has 4 aliphatic rings. The van der Waals surface area contributed by atoms with E-state index in [-0.39, 0.29) is 42.8 Å². The molecule has 2 aromatic rings. The number of pyridine rings is 1. The Bertz CT molecular complexity index is 1420. The van der Waals surface area contributed by atoms with E-state index < -0.39 is 23.6 Å². The lowest BCUT2D eigenvalue weighted by atomic mass is 9.95. The third-order valence-corrected chi connectivity index (χ3v) is 8.37. The molecule has 4 atom stereocenters. The summed E-state index contributed by atoms with van der Waals surface area (Å²) in [5, 5.41) is 12.8. The number of likely N-dealkylation sites (tertiary alicyclic amines) is 1. The number of carbonyl (C=O) groups excluding carboxylic acids is 4. The molecule has 0 bridgehead atoms. The number of piperidine rings is 1. The van der Waals surface area contributed by atoms with Crippen LogP contribution in [0.4, 0.5) is 10.5 Å². The van der Waals surface area contributed by atoms with E-state index in [9.17, 15) is 24.4 Å². The van der Waals surface area contributed by atoms with Gasteiger partial charge in [-0.15, -0.1) is 0 Å². The van der Waals surface area contributed by atoms with Gasteiger partial charge in [-0.3, -0.25) is 24.3 Å². The largest absolute Gasteiger partial charge is 0.456 e. The molecule has 4 heterocycles. The lowest BCUT2D eigenvalue weighted by Crippen LogP contribution is -2.40. The van der Waals surface area contributed by atoms with Gasteiger partial charge in [-0.2, -0.15) is 5.26 Å². The normalized spacial score (nSPS) is 27.7. The van der Waals surface area contributed by atoms with Crippen molar-refractivity contribution in [3.63, 3.8) is 0 Å². The maximum absolute atomic E-state index is 12.5. The molecule has 3 fully saturated rings. The summed E-state index contributed by atoms with van der Waals surface area (Å²) in [5.41, 5.74) is 3.65. The van der Waals surface area contributed by atoms with E-state index in [2.05, 4.69) is 16.4 Å². The summed E-state index contributed by atoms with van der Waals surface area (Å²) in [6.07, 6.45) is 1.57. The zero-order chi connectivity index (χ0) is 27.5. The monoisotopic (exact) mass is 529 g/mol. The van der Waals surface area contributed by atoms with Gasteiger partial charge < -0.3 is 19.7 Å². The van der Waals surface area contributed by atoms with Crippen molar-refractivity contribution in [1.29, 1.82) is 5.26 Å². The number of hydrogen-bond acceptors (Lipinski definition) is 8. The first kappa shape index (κ1) is 24.9. The summed E-state index contributed by atoms with van der Waals surface area (Å²) < 4.78 is 10.3. The van der Waals surface area contributed by atoms with Crippen LogP contribution in [-0.4, -0.2) is 72.1 Å². The molecule has 3 aliphatic heterocycles. The number of rotatable bonds is 6. The van der Waals surface area contributed by atoms with Crippen LogP contribution in [0.5, 0.6) is 0 Å². The second-order valence-corrected chi connectivity index (χ2v) is 10.5. The number of anilines is 1. The van der Waals surface area contributed by atoms with Gasteiger partial charge in [0.15, 0.2) is 6.61 Å². The number of fused-ring (bicyclic) bond motifs is 4. The number of esters is 1. The van der Waals surface area contributed by atoms with Crippen LogP contribution in [0.3, 0.4) is 0 Å². The van der Waals surface area contributed by atoms with Crippen LogP contribution >= 0.6 is 0 Å². The quantitative estimate of drug-likeness (QED) is 0.556. The summed E-state index contributed by atoms with van der Waals surface area (Å²) >= 11 is 0. The van der Waals surface area contributed by atoms with Crippen LogP contribution < -0.4 is 10.2 Å². The summed E-state index contributed by atoms with van der Waals surface area (Å²) in [6.45, 7) is 3.57. The second-order valence-electron chi connectivity index (χ2n) is 10.5. The molecule has 39 heavy (non-hydrogen) atoms. The number of nitriles is 1. The maximum Gasteiger partial charge on any atom is 0.415 e. The first-order valence-corrected chi connectivity index (χ1v) is 12.9. The van der Waals surface area contributed by atoms with Crippen molar-refractivity contribution < 1.29 is 28.7 Å². The number of aromatic nitrogens is 1. The molecule has 0 spiro atoms. The molecular formula is C28H27N5O6. The Balaban J connectivity index is 1.15. The lowest BCUT2D eigenvalue weighted by Gasteiger charge is -2.22. The minimum atomic E-state index is -0.720. The molecule has 1 N–H and O–H groups in total. The fourth-order valence-electron chi connectivity index (χ4n) is 6.38. The van der Waals surface area contributed by atoms with Gasteiger partial charge in [-0.25, -0.2) is 4.79 Å². The van der Waals surface area contributed by atoms with Gasteiger partial charge >= 0.3 is 12.1 Å². The smallest absolute Gasteiger partial charge is 0.415 e. The lowest BCUT2D eigenvalue weighted by molar-refractivity contribution is -0.150. The molecule has 1 aromatic carbocycles. The van der Waals surface area contributed by atoms with Crippen LogP contribution in [0.2, 0.25) is 0 Å². The highest BCUT2D eigenvalue weighted by atomic mass is 16.6. The number of benzene rings is 1. The fourth-order valence-corrected chi connectivity index (χ4v) is 6.38. The first-order valence-electron chi connectivity index (χ1n) is 12.9. The van der Waals surface area contributed by atoms with E-state index in [1.165, 1.54) is 13.8 Å². The summed E-state index contributed by atoms with van der Waals surface area (Å²) in [4.78, 5) is 55.1. The predicted molar refractivity (Wildman–Crippen MR) is 136 cm³/mol. The number of amides is 3. The fraction of sp³-hybridized carbons (Fsp3) is 0.429. The van der Waals surface area contributed by atoms with Gasteiger partial charge in [0.2, 0.25) is 5.91 Å². The van der Waals surface area contributed by atoms with E-state index in [4.69, 9.17) is 9.47 Å². The van der Waals surface area contributed by atoms with Crippen LogP contribution in [0.25, 0.3) is 11.1 Å². The minimum Gasteiger partial charge on any atom is -0.456 e. The second kappa shape index (κ2) is 9.08. The van der Waals surface area contributed by atoms with E-state index >= 15 is 0 Å². The van der Waals surface area contributed by atoms with E-state index in [1.54, 1.807) is 16.0 Å². The molecular weight excluding hydrogens is 502 g/mol. The molecule has 1 saturated carbocycles. The van der Waals surface area contributed by atoms with Crippen LogP contribution in [0.1, 0.15) is 25.1 Å². The summed E-state index contributed by atoms with van der Waals surface area (Å²) in [5.74, 6) is -0.919. The third-order valence-electron chi connectivity index (χ3n) is 8.37. The molecule has 2 unspecified atom stereocenters. The summed E-state index contributed by atoms with van der Waals surface area (Å²) in [7, 11) is 0. The van der Waals surface area contributed by atoms with Crippen molar-refractivity contribution in [3.05, 3.63) is 47.8 Å². The van der Waals surface area contributed by atoms with E-state index in [0.717, 1.165) is 22.4 Å². The van der Waals surface area contributed by atoms with Crippen molar-refractivity contribution in [1.82, 2.24) is 15.2 Å². The highest BCUT2D eigenvalue weighted by Gasteiger charge is 2.71. The zero-order valence-electron chi connectivity index (χ0n) is 21.5. The highest BCUT2D eigenvalue weighted by Crippen LogP contribution is 2.62. The average molecular weight is 530 g/mol. The predicted octanol–water partition coefficient (Wildman–Crippen LogP) is 1.55. The molecule has 1 aliphatic carbocycles. The van der Waals surface area contributed by atoms with Gasteiger partial charge in [0.25, 0.3) is 5.91 Å². The maximum atomic E-state index is 12.5. The third kappa shape index (κ3) is 3.98. The van der Waals surface area contributed by atoms with Gasteiger partial charge in [0, 0.05) is 50.5 Å². The Hall–Kier alpha value is -4.46. The molecule has 6 rings (SSSR count). The first-order chi connectivity index (χ1) is 18.7. The average Bonchev–Trinajstić information content (AvgIpc) is 3.28. The van der Waals surface area contributed by atoms with Crippen molar-refractivity contribution in [2.24, 2.45) is 11.8 Å². The molecule has 1 aromatic heterocycles. The Kier molecular flexibility index (Phi) is 5.79. The minimum absolute atomic E-state index is 0.000718. The Morgan fingerprint density at radius 2 is 1.92 bits per heavy atom. The number of ether oxygens (including phenoxy) is 2. The highest BCUT2D eigenvalue weighted by molar-refractivity contribution is 5.94. The standard InChI is InChI=1S/C28H27N5O6/c1-15(34)30-10-24-23-8-19-7-17(3-5-22(19)33(23)27(37)39-24)18-4-6-25(31-9-18)28(14-29)20-11-32(12-21(20)28)26(36)13-38-16(2)35/h3-7,9,20-21,23-24H,8,10-13H2,1-2H3,(H,30,34)/t20?,21?,23-,24-,28?/m0/s1. The summed E-state index contributed by atoms with van der Waals surface area (Å²) in [6, 6.07) is 12.0. The zero-order valence-corrected chi connectivity index (χ0v) is 21.5. The molecule has 11 nitrogen and oxygen atoms in total. The van der Waals surface area contributed by atoms with Crippen molar-refractivity contribution in [2.45, 2.75) is 37.8 Å². The Labute approximate surface area is 224 Å². The molecule has 11 heteroatoms. The molecule has 200 valence electrons. The SMILES string of the molecule is CC(=O)NC[C@@H]1OC(=O)N2c3ccc(-c4ccc(C5(C#N)C6CN(C(=O)COC(C)=O)CC65)nc4)cc3C[C@@H]12. The van der Waals surface area contributed by atoms with Crippen molar-refractivity contribution in [2.75, 3.05) is 31.1 Å². The van der Waals surface area contributed by atoms with Gasteiger partial charge in [0.1, 0.15) is 11.5 Å². The Morgan fingerprint density at radius 3 is 2.56 bits per heavy atom. The van der Waals surface area contributed by atoms with E-state index in [0.29, 0.717) is 25.2 Å². The van der Waals surface area contributed by atoms with Gasteiger partial charge in [-0.1, -0.05) is 12.1 Å². The Morgan fingerprint density at radius 1 is 1.18 bits per heavy atom. The molecule has 2 saturated heterocycles.